The number of benzene rings is 2. The van der Waals surface area contributed by atoms with Crippen molar-refractivity contribution in [2.24, 2.45) is 11.8 Å². The zero-order chi connectivity index (χ0) is 24.2. The van der Waals surface area contributed by atoms with Crippen molar-refractivity contribution in [1.82, 2.24) is 10.6 Å². The molecule has 2 saturated carbocycles. The van der Waals surface area contributed by atoms with E-state index in [0.29, 0.717) is 40.3 Å². The first-order valence-electron chi connectivity index (χ1n) is 13.1. The van der Waals surface area contributed by atoms with E-state index in [1.807, 2.05) is 13.0 Å². The maximum atomic E-state index is 13.4. The predicted octanol–water partition coefficient (Wildman–Crippen LogP) is 5.83. The number of aldehydes is 1. The van der Waals surface area contributed by atoms with Crippen LogP contribution in [0.5, 0.6) is 0 Å². The van der Waals surface area contributed by atoms with E-state index < -0.39 is 0 Å². The molecule has 2 aliphatic carbocycles. The summed E-state index contributed by atoms with van der Waals surface area (Å²) in [5.74, 6) is 1.14. The number of nitrogens with one attached hydrogen (secondary N) is 2. The van der Waals surface area contributed by atoms with E-state index in [-0.39, 0.29) is 23.9 Å². The molecule has 0 bridgehead atoms. The van der Waals surface area contributed by atoms with Gasteiger partial charge in [-0.2, -0.15) is 0 Å². The number of amides is 2. The summed E-state index contributed by atoms with van der Waals surface area (Å²) in [6.07, 6.45) is 9.93. The molecule has 182 valence electrons. The lowest BCUT2D eigenvalue weighted by molar-refractivity contribution is 0.0913. The molecule has 0 unspecified atom stereocenters. The molecule has 5 nitrogen and oxygen atoms in total. The molecular weight excluding hydrogens is 424 g/mol. The van der Waals surface area contributed by atoms with E-state index in [1.165, 1.54) is 0 Å². The van der Waals surface area contributed by atoms with Gasteiger partial charge in [-0.1, -0.05) is 32.9 Å². The van der Waals surface area contributed by atoms with Crippen LogP contribution >= 0.6 is 0 Å². The maximum Gasteiger partial charge on any atom is 0.252 e. The van der Waals surface area contributed by atoms with Crippen molar-refractivity contribution in [2.45, 2.75) is 90.6 Å². The smallest absolute Gasteiger partial charge is 0.252 e. The highest BCUT2D eigenvalue weighted by atomic mass is 16.2. The molecular formula is C29H38N2O3. The summed E-state index contributed by atoms with van der Waals surface area (Å²) >= 11 is 0. The molecule has 0 heterocycles. The standard InChI is InChI=1S/C29H38N2O3/c1-4-20-9-10-21(17-32)27-25(29(34)31-23-13-7-19(3)8-14-23)16-15-24(26(20)27)28(33)30-22-11-5-18(2)6-12-22/h9-10,15-19,22-23H,4-8,11-14H2,1-3H3,(H,30,33)(H,31,34). The van der Waals surface area contributed by atoms with Gasteiger partial charge >= 0.3 is 0 Å². The molecule has 5 heteroatoms. The number of carbonyl (C=O) groups is 3. The first kappa shape index (κ1) is 24.4. The van der Waals surface area contributed by atoms with E-state index in [2.05, 4.69) is 24.5 Å². The molecule has 34 heavy (non-hydrogen) atoms. The van der Waals surface area contributed by atoms with Gasteiger partial charge in [-0.05, 0) is 92.7 Å². The van der Waals surface area contributed by atoms with Crippen molar-refractivity contribution < 1.29 is 14.4 Å². The molecule has 2 aromatic carbocycles. The normalized spacial score (nSPS) is 25.0. The van der Waals surface area contributed by atoms with Gasteiger partial charge in [0, 0.05) is 34.2 Å². The fourth-order valence-corrected chi connectivity index (χ4v) is 5.70. The third-order valence-corrected chi connectivity index (χ3v) is 7.98. The van der Waals surface area contributed by atoms with E-state index in [1.54, 1.807) is 18.2 Å². The van der Waals surface area contributed by atoms with Crippen LogP contribution in [0.1, 0.15) is 109 Å². The van der Waals surface area contributed by atoms with Gasteiger partial charge < -0.3 is 10.6 Å². The van der Waals surface area contributed by atoms with Crippen LogP contribution in [0, 0.1) is 11.8 Å². The highest BCUT2D eigenvalue weighted by Gasteiger charge is 2.26. The predicted molar refractivity (Wildman–Crippen MR) is 136 cm³/mol. The Balaban J connectivity index is 1.70. The van der Waals surface area contributed by atoms with Gasteiger partial charge in [0.05, 0.1) is 0 Å². The molecule has 0 radical (unpaired) electrons. The van der Waals surface area contributed by atoms with E-state index >= 15 is 0 Å². The molecule has 2 amide bonds. The summed E-state index contributed by atoms with van der Waals surface area (Å²) in [5, 5.41) is 7.76. The Labute approximate surface area is 203 Å². The molecule has 0 atom stereocenters. The Bertz CT molecular complexity index is 1060. The largest absolute Gasteiger partial charge is 0.349 e. The van der Waals surface area contributed by atoms with Crippen LogP contribution in [0.25, 0.3) is 10.8 Å². The quantitative estimate of drug-likeness (QED) is 0.530. The number of hydrogen-bond acceptors (Lipinski definition) is 3. The monoisotopic (exact) mass is 462 g/mol. The molecule has 4 rings (SSSR count). The number of carbonyl (C=O) groups excluding carboxylic acids is 3. The average Bonchev–Trinajstić information content (AvgIpc) is 2.85. The second kappa shape index (κ2) is 10.7. The fraction of sp³-hybridized carbons (Fsp3) is 0.552. The van der Waals surface area contributed by atoms with Gasteiger partial charge in [0.1, 0.15) is 0 Å². The molecule has 2 aromatic rings. The second-order valence-electron chi connectivity index (χ2n) is 10.6. The topological polar surface area (TPSA) is 75.3 Å². The van der Waals surface area contributed by atoms with Crippen molar-refractivity contribution in [3.63, 3.8) is 0 Å². The number of rotatable bonds is 6. The van der Waals surface area contributed by atoms with Crippen LogP contribution in [0.4, 0.5) is 0 Å². The lowest BCUT2D eigenvalue weighted by Crippen LogP contribution is -2.38. The summed E-state index contributed by atoms with van der Waals surface area (Å²) in [7, 11) is 0. The van der Waals surface area contributed by atoms with E-state index in [4.69, 9.17) is 0 Å². The molecule has 0 saturated heterocycles. The highest BCUT2D eigenvalue weighted by Crippen LogP contribution is 2.31. The molecule has 2 N–H and O–H groups in total. The number of hydrogen-bond donors (Lipinski definition) is 2. The first-order valence-corrected chi connectivity index (χ1v) is 13.1. The number of aryl methyl sites for hydroxylation is 1. The SMILES string of the molecule is CCc1ccc(C=O)c2c(C(=O)NC3CCC(C)CC3)ccc(C(=O)NC3CCC(C)CC3)c12. The van der Waals surface area contributed by atoms with Crippen LogP contribution in [-0.4, -0.2) is 30.2 Å². The minimum Gasteiger partial charge on any atom is -0.349 e. The Morgan fingerprint density at radius 1 is 0.765 bits per heavy atom. The highest BCUT2D eigenvalue weighted by molar-refractivity contribution is 6.18. The summed E-state index contributed by atoms with van der Waals surface area (Å²) in [6, 6.07) is 7.52. The lowest BCUT2D eigenvalue weighted by Gasteiger charge is -2.28. The summed E-state index contributed by atoms with van der Waals surface area (Å²) in [4.78, 5) is 38.8. The van der Waals surface area contributed by atoms with Crippen molar-refractivity contribution in [2.75, 3.05) is 0 Å². The van der Waals surface area contributed by atoms with Crippen LogP contribution in [0.15, 0.2) is 24.3 Å². The van der Waals surface area contributed by atoms with Crippen molar-refractivity contribution in [3.8, 4) is 0 Å². The Kier molecular flexibility index (Phi) is 7.70. The maximum absolute atomic E-state index is 13.4. The molecule has 2 aliphatic rings. The van der Waals surface area contributed by atoms with Gasteiger partial charge in [-0.15, -0.1) is 0 Å². The van der Waals surface area contributed by atoms with Crippen molar-refractivity contribution in [3.05, 3.63) is 46.5 Å². The Morgan fingerprint density at radius 3 is 1.68 bits per heavy atom. The van der Waals surface area contributed by atoms with Gasteiger partial charge in [-0.25, -0.2) is 0 Å². The van der Waals surface area contributed by atoms with Crippen LogP contribution in [-0.2, 0) is 6.42 Å². The molecule has 0 aromatic heterocycles. The third kappa shape index (κ3) is 5.18. The zero-order valence-corrected chi connectivity index (χ0v) is 20.8. The zero-order valence-electron chi connectivity index (χ0n) is 20.8. The first-order chi connectivity index (χ1) is 16.4. The van der Waals surface area contributed by atoms with Gasteiger partial charge in [-0.3, -0.25) is 14.4 Å². The molecule has 2 fully saturated rings. The molecule has 0 spiro atoms. The van der Waals surface area contributed by atoms with Gasteiger partial charge in [0.2, 0.25) is 0 Å². The summed E-state index contributed by atoms with van der Waals surface area (Å²) in [5.41, 5.74) is 2.46. The van der Waals surface area contributed by atoms with Crippen LogP contribution in [0.2, 0.25) is 0 Å². The Morgan fingerprint density at radius 2 is 1.24 bits per heavy atom. The van der Waals surface area contributed by atoms with Crippen LogP contribution in [0.3, 0.4) is 0 Å². The fourth-order valence-electron chi connectivity index (χ4n) is 5.70. The van der Waals surface area contributed by atoms with Gasteiger partial charge in [0.25, 0.3) is 11.8 Å². The van der Waals surface area contributed by atoms with Gasteiger partial charge in [0.15, 0.2) is 6.29 Å². The van der Waals surface area contributed by atoms with E-state index in [0.717, 1.165) is 68.6 Å². The minimum atomic E-state index is -0.158. The minimum absolute atomic E-state index is 0.115. The third-order valence-electron chi connectivity index (χ3n) is 7.98. The molecule has 0 aliphatic heterocycles. The summed E-state index contributed by atoms with van der Waals surface area (Å²) < 4.78 is 0. The average molecular weight is 463 g/mol. The second-order valence-corrected chi connectivity index (χ2v) is 10.6. The number of fused-ring (bicyclic) bond motifs is 1. The van der Waals surface area contributed by atoms with Crippen molar-refractivity contribution in [1.29, 1.82) is 0 Å². The Hall–Kier alpha value is -2.69. The lowest BCUT2D eigenvalue weighted by atomic mass is 9.86. The van der Waals surface area contributed by atoms with E-state index in [9.17, 15) is 14.4 Å². The summed E-state index contributed by atoms with van der Waals surface area (Å²) in [6.45, 7) is 6.55. The van der Waals surface area contributed by atoms with Crippen LogP contribution < -0.4 is 10.6 Å². The van der Waals surface area contributed by atoms with Crippen molar-refractivity contribution >= 4 is 28.9 Å².